The second-order valence-electron chi connectivity index (χ2n) is 7.47. The number of nitrogens with zero attached hydrogens (tertiary/aromatic N) is 5. The highest BCUT2D eigenvalue weighted by molar-refractivity contribution is 5.50. The standard InChI is InChI=1S/C20H24F3N5/c21-17-3-1-16(2-4-17)14-26-9-11-28(12-10-26)19-13-18(24-15-25-19)27-7-5-20(22,23)6-8-27/h1-4,13,15H,5-12,14H2. The highest BCUT2D eigenvalue weighted by Gasteiger charge is 2.34. The lowest BCUT2D eigenvalue weighted by atomic mass is 10.1. The Morgan fingerprint density at radius 2 is 1.39 bits per heavy atom. The van der Waals surface area contributed by atoms with Crippen LogP contribution >= 0.6 is 0 Å². The van der Waals surface area contributed by atoms with Crippen LogP contribution in [0.1, 0.15) is 18.4 Å². The molecule has 3 heterocycles. The predicted molar refractivity (Wildman–Crippen MR) is 102 cm³/mol. The molecule has 0 spiro atoms. The van der Waals surface area contributed by atoms with Crippen molar-refractivity contribution in [2.24, 2.45) is 0 Å². The molecule has 2 saturated heterocycles. The maximum atomic E-state index is 13.4. The Bertz CT molecular complexity index is 781. The van der Waals surface area contributed by atoms with Crippen LogP contribution in [0.15, 0.2) is 36.7 Å². The molecule has 0 atom stereocenters. The van der Waals surface area contributed by atoms with Gasteiger partial charge in [0.2, 0.25) is 0 Å². The van der Waals surface area contributed by atoms with Crippen molar-refractivity contribution in [1.29, 1.82) is 0 Å². The normalized spacial score (nSPS) is 20.4. The minimum Gasteiger partial charge on any atom is -0.356 e. The number of hydrogen-bond acceptors (Lipinski definition) is 5. The average Bonchev–Trinajstić information content (AvgIpc) is 2.70. The van der Waals surface area contributed by atoms with E-state index in [-0.39, 0.29) is 18.7 Å². The molecule has 2 aliphatic rings. The quantitative estimate of drug-likeness (QED) is 0.800. The predicted octanol–water partition coefficient (Wildman–Crippen LogP) is 3.17. The summed E-state index contributed by atoms with van der Waals surface area (Å²) < 4.78 is 39.8. The van der Waals surface area contributed by atoms with Crippen LogP contribution in [-0.4, -0.2) is 60.1 Å². The second-order valence-corrected chi connectivity index (χ2v) is 7.47. The third-order valence-corrected chi connectivity index (χ3v) is 5.47. The van der Waals surface area contributed by atoms with Gasteiger partial charge in [0.15, 0.2) is 0 Å². The summed E-state index contributed by atoms with van der Waals surface area (Å²) in [5, 5.41) is 0. The van der Waals surface area contributed by atoms with Gasteiger partial charge < -0.3 is 9.80 Å². The van der Waals surface area contributed by atoms with Gasteiger partial charge in [-0.2, -0.15) is 0 Å². The van der Waals surface area contributed by atoms with Gasteiger partial charge in [0.1, 0.15) is 23.8 Å². The van der Waals surface area contributed by atoms with Gasteiger partial charge in [-0.15, -0.1) is 0 Å². The SMILES string of the molecule is Fc1ccc(CN2CCN(c3cc(N4CCC(F)(F)CC4)ncn3)CC2)cc1. The lowest BCUT2D eigenvalue weighted by Gasteiger charge is -2.36. The summed E-state index contributed by atoms with van der Waals surface area (Å²) in [6.45, 7) is 4.85. The summed E-state index contributed by atoms with van der Waals surface area (Å²) in [6, 6.07) is 8.52. The van der Waals surface area contributed by atoms with E-state index in [0.717, 1.165) is 44.1 Å². The van der Waals surface area contributed by atoms with Crippen LogP contribution in [0, 0.1) is 5.82 Å². The molecule has 0 saturated carbocycles. The molecule has 5 nitrogen and oxygen atoms in total. The molecule has 1 aromatic heterocycles. The van der Waals surface area contributed by atoms with Crippen molar-refractivity contribution in [2.45, 2.75) is 25.3 Å². The number of alkyl halides is 2. The molecule has 0 unspecified atom stereocenters. The van der Waals surface area contributed by atoms with Crippen molar-refractivity contribution < 1.29 is 13.2 Å². The smallest absolute Gasteiger partial charge is 0.251 e. The second kappa shape index (κ2) is 7.95. The van der Waals surface area contributed by atoms with E-state index in [1.54, 1.807) is 0 Å². The minimum absolute atomic E-state index is 0.131. The van der Waals surface area contributed by atoms with Crippen molar-refractivity contribution in [3.63, 3.8) is 0 Å². The third-order valence-electron chi connectivity index (χ3n) is 5.47. The van der Waals surface area contributed by atoms with Crippen LogP contribution in [0.3, 0.4) is 0 Å². The van der Waals surface area contributed by atoms with E-state index in [2.05, 4.69) is 19.8 Å². The number of benzene rings is 1. The topological polar surface area (TPSA) is 35.5 Å². The number of hydrogen-bond donors (Lipinski definition) is 0. The van der Waals surface area contributed by atoms with Crippen LogP contribution in [-0.2, 0) is 6.54 Å². The molecule has 8 heteroatoms. The van der Waals surface area contributed by atoms with Gasteiger partial charge in [-0.3, -0.25) is 4.90 Å². The Hall–Kier alpha value is -2.35. The molecule has 0 amide bonds. The number of piperazine rings is 1. The van der Waals surface area contributed by atoms with Crippen LogP contribution in [0.25, 0.3) is 0 Å². The van der Waals surface area contributed by atoms with Gasteiger partial charge in [-0.05, 0) is 17.7 Å². The van der Waals surface area contributed by atoms with Crippen LogP contribution < -0.4 is 9.80 Å². The van der Waals surface area contributed by atoms with E-state index in [4.69, 9.17) is 0 Å². The number of rotatable bonds is 4. The molecule has 4 rings (SSSR count). The first-order valence-corrected chi connectivity index (χ1v) is 9.65. The van der Waals surface area contributed by atoms with Crippen molar-refractivity contribution in [3.8, 4) is 0 Å². The first kappa shape index (κ1) is 19.0. The molecular formula is C20H24F3N5. The zero-order valence-electron chi connectivity index (χ0n) is 15.7. The summed E-state index contributed by atoms with van der Waals surface area (Å²) in [4.78, 5) is 15.1. The maximum Gasteiger partial charge on any atom is 0.251 e. The van der Waals surface area contributed by atoms with Crippen LogP contribution in [0.2, 0.25) is 0 Å². The summed E-state index contributed by atoms with van der Waals surface area (Å²) in [5.74, 6) is -1.23. The van der Waals surface area contributed by atoms with Crippen molar-refractivity contribution in [1.82, 2.24) is 14.9 Å². The summed E-state index contributed by atoms with van der Waals surface area (Å²) in [5.41, 5.74) is 1.10. The van der Waals surface area contributed by atoms with E-state index in [0.29, 0.717) is 18.9 Å². The molecular weight excluding hydrogens is 367 g/mol. The van der Waals surface area contributed by atoms with Crippen molar-refractivity contribution >= 4 is 11.6 Å². The number of aromatic nitrogens is 2. The van der Waals surface area contributed by atoms with Crippen molar-refractivity contribution in [2.75, 3.05) is 49.1 Å². The van der Waals surface area contributed by atoms with E-state index >= 15 is 0 Å². The van der Waals surface area contributed by atoms with Gasteiger partial charge in [0.25, 0.3) is 5.92 Å². The Morgan fingerprint density at radius 1 is 0.821 bits per heavy atom. The first-order chi connectivity index (χ1) is 13.5. The Balaban J connectivity index is 1.34. The van der Waals surface area contributed by atoms with Gasteiger partial charge in [-0.25, -0.2) is 23.1 Å². The fraction of sp³-hybridized carbons (Fsp3) is 0.500. The molecule has 28 heavy (non-hydrogen) atoms. The lowest BCUT2D eigenvalue weighted by Crippen LogP contribution is -2.46. The number of halogens is 3. The highest BCUT2D eigenvalue weighted by atomic mass is 19.3. The van der Waals surface area contributed by atoms with Crippen molar-refractivity contribution in [3.05, 3.63) is 48.0 Å². The Kier molecular flexibility index (Phi) is 5.39. The minimum atomic E-state index is -2.56. The van der Waals surface area contributed by atoms with Crippen LogP contribution in [0.5, 0.6) is 0 Å². The molecule has 0 radical (unpaired) electrons. The lowest BCUT2D eigenvalue weighted by molar-refractivity contribution is -0.0221. The molecule has 0 bridgehead atoms. The summed E-state index contributed by atoms with van der Waals surface area (Å²) in [6.07, 6.45) is 1.26. The number of piperidine rings is 1. The third kappa shape index (κ3) is 4.55. The van der Waals surface area contributed by atoms with E-state index in [1.165, 1.54) is 18.5 Å². The zero-order chi connectivity index (χ0) is 19.6. The monoisotopic (exact) mass is 391 g/mol. The first-order valence-electron chi connectivity index (χ1n) is 9.65. The molecule has 0 aliphatic carbocycles. The van der Waals surface area contributed by atoms with E-state index < -0.39 is 5.92 Å². The molecule has 2 aromatic rings. The average molecular weight is 391 g/mol. The molecule has 1 aromatic carbocycles. The molecule has 150 valence electrons. The Morgan fingerprint density at radius 3 is 2.00 bits per heavy atom. The van der Waals surface area contributed by atoms with Gasteiger partial charge in [0.05, 0.1) is 0 Å². The highest BCUT2D eigenvalue weighted by Crippen LogP contribution is 2.30. The van der Waals surface area contributed by atoms with Gasteiger partial charge >= 0.3 is 0 Å². The summed E-state index contributed by atoms with van der Waals surface area (Å²) in [7, 11) is 0. The van der Waals surface area contributed by atoms with Gasteiger partial charge in [-0.1, -0.05) is 12.1 Å². The van der Waals surface area contributed by atoms with E-state index in [1.807, 2.05) is 23.1 Å². The maximum absolute atomic E-state index is 13.4. The van der Waals surface area contributed by atoms with Crippen LogP contribution in [0.4, 0.5) is 24.8 Å². The zero-order valence-corrected chi connectivity index (χ0v) is 15.7. The van der Waals surface area contributed by atoms with E-state index in [9.17, 15) is 13.2 Å². The fourth-order valence-electron chi connectivity index (χ4n) is 3.73. The summed E-state index contributed by atoms with van der Waals surface area (Å²) >= 11 is 0. The largest absolute Gasteiger partial charge is 0.356 e. The number of anilines is 2. The molecule has 2 aliphatic heterocycles. The fourth-order valence-corrected chi connectivity index (χ4v) is 3.73. The Labute approximate surface area is 162 Å². The molecule has 0 N–H and O–H groups in total. The van der Waals surface area contributed by atoms with Gasteiger partial charge in [0, 0.05) is 64.7 Å². The molecule has 2 fully saturated rings.